The van der Waals surface area contributed by atoms with E-state index < -0.39 is 13.7 Å². The van der Waals surface area contributed by atoms with Crippen LogP contribution in [0.1, 0.15) is 51.9 Å². The third-order valence-corrected chi connectivity index (χ3v) is 10.2. The predicted molar refractivity (Wildman–Crippen MR) is 143 cm³/mol. The van der Waals surface area contributed by atoms with E-state index >= 15 is 0 Å². The normalized spacial score (nSPS) is 11.1. The first-order valence-electron chi connectivity index (χ1n) is 12.0. The van der Waals surface area contributed by atoms with E-state index in [9.17, 15) is 0 Å². The highest BCUT2D eigenvalue weighted by Crippen LogP contribution is 2.55. The minimum atomic E-state index is -1.71. The van der Waals surface area contributed by atoms with Crippen molar-refractivity contribution >= 4 is 29.6 Å². The van der Waals surface area contributed by atoms with Crippen molar-refractivity contribution in [3.63, 3.8) is 0 Å². The molecular formula is C30H37O2P. The number of hydrogen-bond donors (Lipinski definition) is 0. The summed E-state index contributed by atoms with van der Waals surface area (Å²) in [6.07, 6.45) is 15.3. The number of unbranched alkanes of at least 4 members (excludes halogenated alkanes) is 6. The van der Waals surface area contributed by atoms with Crippen molar-refractivity contribution in [1.82, 2.24) is 0 Å². The Bertz CT molecular complexity index is 811. The van der Waals surface area contributed by atoms with Gasteiger partial charge in [-0.15, -0.1) is 0 Å². The highest BCUT2D eigenvalue weighted by Gasteiger charge is 2.43. The Morgan fingerprint density at radius 2 is 1.03 bits per heavy atom. The average Bonchev–Trinajstić information content (AvgIpc) is 2.88. The lowest BCUT2D eigenvalue weighted by Crippen LogP contribution is -2.32. The summed E-state index contributed by atoms with van der Waals surface area (Å²) in [6, 6.07) is 33.5. The van der Waals surface area contributed by atoms with Gasteiger partial charge in [0.15, 0.2) is 0 Å². The number of carbonyl (C=O) groups is 1. The number of benzene rings is 3. The van der Waals surface area contributed by atoms with Crippen LogP contribution in [0.5, 0.6) is 0 Å². The summed E-state index contributed by atoms with van der Waals surface area (Å²) in [5, 5.41) is 12.6. The molecule has 0 N–H and O–H groups in total. The summed E-state index contributed by atoms with van der Waals surface area (Å²) in [5.74, 6) is 0. The summed E-state index contributed by atoms with van der Waals surface area (Å²) in [7, 11) is -1.71. The standard InChI is InChI=1S/C29H36P.CH2O2/c1-2-3-4-5-6-7-8-9-19-26-30(27-20-13-10-14-21-27,28-22-15-11-16-23-28)29-24-17-12-18-25-29;2-1-3/h9-25H,2-8,26H2,1H3;1H,(H,2,3)/q+1;/p-1. The molecule has 3 rings (SSSR count). The number of allylic oxidation sites excluding steroid dienone is 2. The van der Waals surface area contributed by atoms with Gasteiger partial charge in [-0.25, -0.2) is 0 Å². The highest BCUT2D eigenvalue weighted by atomic mass is 31.2. The summed E-state index contributed by atoms with van der Waals surface area (Å²) in [6.45, 7) is 1.78. The van der Waals surface area contributed by atoms with E-state index in [1.165, 1.54) is 60.9 Å². The number of hydrogen-bond acceptors (Lipinski definition) is 2. The van der Waals surface area contributed by atoms with Crippen molar-refractivity contribution in [2.24, 2.45) is 0 Å². The first-order chi connectivity index (χ1) is 16.3. The van der Waals surface area contributed by atoms with Crippen LogP contribution in [0.2, 0.25) is 0 Å². The number of carboxylic acid groups (broad SMARTS) is 1. The van der Waals surface area contributed by atoms with E-state index in [2.05, 4.69) is 110 Å². The average molecular weight is 461 g/mol. The van der Waals surface area contributed by atoms with Gasteiger partial charge in [0.25, 0.3) is 0 Å². The van der Waals surface area contributed by atoms with Crippen LogP contribution in [0.25, 0.3) is 0 Å². The molecule has 0 heterocycles. The topological polar surface area (TPSA) is 40.1 Å². The molecule has 33 heavy (non-hydrogen) atoms. The quantitative estimate of drug-likeness (QED) is 0.152. The summed E-state index contributed by atoms with van der Waals surface area (Å²) < 4.78 is 0. The minimum absolute atomic E-state index is 0.500. The highest BCUT2D eigenvalue weighted by molar-refractivity contribution is 7.95. The summed E-state index contributed by atoms with van der Waals surface area (Å²) in [5.41, 5.74) is 0. The van der Waals surface area contributed by atoms with Crippen molar-refractivity contribution in [3.05, 3.63) is 103 Å². The Morgan fingerprint density at radius 3 is 1.45 bits per heavy atom. The lowest BCUT2D eigenvalue weighted by Gasteiger charge is -2.26. The maximum Gasteiger partial charge on any atom is 0.115 e. The van der Waals surface area contributed by atoms with E-state index in [4.69, 9.17) is 9.90 Å². The fourth-order valence-corrected chi connectivity index (χ4v) is 8.24. The van der Waals surface area contributed by atoms with Crippen LogP contribution in [0, 0.1) is 0 Å². The van der Waals surface area contributed by atoms with Crippen LogP contribution in [0.15, 0.2) is 103 Å². The molecule has 0 bridgehead atoms. The van der Waals surface area contributed by atoms with Gasteiger partial charge in [-0.3, -0.25) is 0 Å². The first kappa shape index (κ1) is 26.6. The van der Waals surface area contributed by atoms with Gasteiger partial charge in [0.05, 0.1) is 6.16 Å². The third-order valence-electron chi connectivity index (χ3n) is 5.86. The van der Waals surface area contributed by atoms with Gasteiger partial charge in [-0.2, -0.15) is 0 Å². The van der Waals surface area contributed by atoms with E-state index in [1.807, 2.05) is 0 Å². The lowest BCUT2D eigenvalue weighted by atomic mass is 10.1. The molecule has 0 unspecified atom stereocenters. The molecule has 0 saturated heterocycles. The zero-order valence-corrected chi connectivity index (χ0v) is 20.7. The van der Waals surface area contributed by atoms with Crippen molar-refractivity contribution in [3.8, 4) is 0 Å². The van der Waals surface area contributed by atoms with E-state index in [1.54, 1.807) is 0 Å². The molecule has 3 aromatic rings. The van der Waals surface area contributed by atoms with Gasteiger partial charge in [0.2, 0.25) is 0 Å². The molecule has 3 aromatic carbocycles. The second kappa shape index (κ2) is 16.0. The SMILES string of the molecule is CCCCCCCCC=CC[P+](c1ccccc1)(c1ccccc1)c1ccccc1.O=C[O-]. The Morgan fingerprint density at radius 1 is 0.636 bits per heavy atom. The number of rotatable bonds is 12. The van der Waals surface area contributed by atoms with Gasteiger partial charge < -0.3 is 9.90 Å². The zero-order chi connectivity index (χ0) is 23.6. The Labute approximate surface area is 200 Å². The molecule has 3 heteroatoms. The van der Waals surface area contributed by atoms with E-state index in [-0.39, 0.29) is 0 Å². The molecule has 0 aliphatic carbocycles. The van der Waals surface area contributed by atoms with Crippen LogP contribution in [-0.2, 0) is 4.79 Å². The molecule has 0 aliphatic heterocycles. The smallest absolute Gasteiger partial charge is 0.115 e. The molecule has 2 nitrogen and oxygen atoms in total. The van der Waals surface area contributed by atoms with Crippen LogP contribution in [0.3, 0.4) is 0 Å². The first-order valence-corrected chi connectivity index (χ1v) is 14.0. The van der Waals surface area contributed by atoms with Crippen molar-refractivity contribution < 1.29 is 9.90 Å². The van der Waals surface area contributed by atoms with E-state index in [0.29, 0.717) is 0 Å². The van der Waals surface area contributed by atoms with Crippen molar-refractivity contribution in [2.45, 2.75) is 51.9 Å². The lowest BCUT2D eigenvalue weighted by molar-refractivity contribution is -0.283. The Kier molecular flexibility index (Phi) is 12.9. The molecule has 174 valence electrons. The molecule has 0 atom stereocenters. The summed E-state index contributed by atoms with van der Waals surface area (Å²) >= 11 is 0. The van der Waals surface area contributed by atoms with Crippen LogP contribution >= 0.6 is 7.26 Å². The van der Waals surface area contributed by atoms with Crippen LogP contribution in [0.4, 0.5) is 0 Å². The second-order valence-corrected chi connectivity index (χ2v) is 11.7. The van der Waals surface area contributed by atoms with Gasteiger partial charge in [0.1, 0.15) is 23.2 Å². The zero-order valence-electron chi connectivity index (χ0n) is 19.8. The third kappa shape index (κ3) is 8.30. The molecule has 0 radical (unpaired) electrons. The van der Waals surface area contributed by atoms with Crippen molar-refractivity contribution in [2.75, 3.05) is 6.16 Å². The number of carbonyl (C=O) groups excluding carboxylic acids is 1. The molecule has 0 aromatic heterocycles. The minimum Gasteiger partial charge on any atom is -0.554 e. The van der Waals surface area contributed by atoms with Crippen LogP contribution in [-0.4, -0.2) is 12.6 Å². The monoisotopic (exact) mass is 460 g/mol. The van der Waals surface area contributed by atoms with Crippen LogP contribution < -0.4 is 21.0 Å². The van der Waals surface area contributed by atoms with Gasteiger partial charge in [-0.1, -0.05) is 106 Å². The van der Waals surface area contributed by atoms with E-state index in [0.717, 1.165) is 6.16 Å². The Hall–Kier alpha value is -2.70. The molecule has 0 spiro atoms. The second-order valence-electron chi connectivity index (χ2n) is 8.12. The molecule has 0 aliphatic rings. The van der Waals surface area contributed by atoms with Crippen molar-refractivity contribution in [1.29, 1.82) is 0 Å². The fraction of sp³-hybridized carbons (Fsp3) is 0.300. The Balaban J connectivity index is 0.00000122. The maximum absolute atomic E-state index is 8.25. The molecule has 0 fully saturated rings. The molecule has 0 amide bonds. The van der Waals surface area contributed by atoms with Gasteiger partial charge in [0, 0.05) is 6.47 Å². The van der Waals surface area contributed by atoms with Gasteiger partial charge >= 0.3 is 0 Å². The predicted octanol–water partition coefficient (Wildman–Crippen LogP) is 5.65. The maximum atomic E-state index is 8.25. The van der Waals surface area contributed by atoms with Gasteiger partial charge in [-0.05, 0) is 49.2 Å². The summed E-state index contributed by atoms with van der Waals surface area (Å²) in [4.78, 5) is 8.25. The molecular weight excluding hydrogens is 423 g/mol. The fourth-order valence-electron chi connectivity index (χ4n) is 4.20. The largest absolute Gasteiger partial charge is 0.554 e. The molecule has 0 saturated carbocycles.